The summed E-state index contributed by atoms with van der Waals surface area (Å²) in [6, 6.07) is 10.4. The Hall–Kier alpha value is -2.69. The molecule has 0 saturated carbocycles. The van der Waals surface area contributed by atoms with E-state index in [9.17, 15) is 9.18 Å². The van der Waals surface area contributed by atoms with Crippen LogP contribution in [0.15, 0.2) is 48.8 Å². The molecule has 1 aliphatic heterocycles. The van der Waals surface area contributed by atoms with Gasteiger partial charge in [0.1, 0.15) is 12.4 Å². The molecule has 3 heterocycles. The second-order valence-electron chi connectivity index (χ2n) is 5.79. The lowest BCUT2D eigenvalue weighted by atomic mass is 10.1. The second kappa shape index (κ2) is 5.50. The maximum atomic E-state index is 14.0. The van der Waals surface area contributed by atoms with Crippen molar-refractivity contribution in [3.8, 4) is 11.1 Å². The van der Waals surface area contributed by atoms with E-state index in [1.165, 1.54) is 6.07 Å². The van der Waals surface area contributed by atoms with Crippen LogP contribution in [0.5, 0.6) is 0 Å². The fourth-order valence-corrected chi connectivity index (χ4v) is 2.85. The molecule has 0 aliphatic carbocycles. The van der Waals surface area contributed by atoms with Crippen molar-refractivity contribution in [2.24, 2.45) is 0 Å². The van der Waals surface area contributed by atoms with E-state index >= 15 is 0 Å². The highest BCUT2D eigenvalue weighted by Crippen LogP contribution is 2.25. The Kier molecular flexibility index (Phi) is 3.33. The average Bonchev–Trinajstić information content (AvgIpc) is 2.88. The summed E-state index contributed by atoms with van der Waals surface area (Å²) in [6.45, 7) is 1.99. The summed E-state index contributed by atoms with van der Waals surface area (Å²) in [7, 11) is 0. The van der Waals surface area contributed by atoms with Crippen LogP contribution in [0.4, 0.5) is 4.39 Å². The van der Waals surface area contributed by atoms with Gasteiger partial charge in [0.15, 0.2) is 0 Å². The molecule has 0 unspecified atom stereocenters. The third-order valence-corrected chi connectivity index (χ3v) is 4.32. The highest BCUT2D eigenvalue weighted by Gasteiger charge is 2.20. The topological polar surface area (TPSA) is 38.1 Å². The average molecular weight is 309 g/mol. The van der Waals surface area contributed by atoms with Crippen LogP contribution in [0.3, 0.4) is 0 Å². The summed E-state index contributed by atoms with van der Waals surface area (Å²) in [6.07, 6.45) is 4.61. The van der Waals surface area contributed by atoms with Crippen LogP contribution in [-0.4, -0.2) is 33.4 Å². The van der Waals surface area contributed by atoms with Gasteiger partial charge < -0.3 is 9.47 Å². The van der Waals surface area contributed by atoms with Gasteiger partial charge in [-0.05, 0) is 24.6 Å². The third kappa shape index (κ3) is 2.48. The number of carbonyl (C=O) groups excluding carboxylic acids is 1. The van der Waals surface area contributed by atoms with Gasteiger partial charge in [0.2, 0.25) is 5.91 Å². The molecule has 1 aliphatic rings. The number of amides is 1. The summed E-state index contributed by atoms with van der Waals surface area (Å²) in [4.78, 5) is 18.4. The number of pyridine rings is 1. The van der Waals surface area contributed by atoms with E-state index in [-0.39, 0.29) is 11.7 Å². The van der Waals surface area contributed by atoms with Crippen LogP contribution in [0, 0.1) is 5.82 Å². The number of rotatable bonds is 3. The van der Waals surface area contributed by atoms with Crippen molar-refractivity contribution < 1.29 is 9.18 Å². The summed E-state index contributed by atoms with van der Waals surface area (Å²) in [5.41, 5.74) is 2.89. The molecule has 116 valence electrons. The van der Waals surface area contributed by atoms with Crippen LogP contribution in [0.25, 0.3) is 22.2 Å². The fraction of sp³-hybridized carbons (Fsp3) is 0.222. The van der Waals surface area contributed by atoms with Gasteiger partial charge in [-0.2, -0.15) is 0 Å². The first-order valence-electron chi connectivity index (χ1n) is 7.70. The van der Waals surface area contributed by atoms with E-state index in [1.54, 1.807) is 24.4 Å². The van der Waals surface area contributed by atoms with Crippen LogP contribution >= 0.6 is 0 Å². The van der Waals surface area contributed by atoms with Gasteiger partial charge in [0.05, 0.1) is 11.0 Å². The molecule has 0 radical (unpaired) electrons. The van der Waals surface area contributed by atoms with Crippen LogP contribution in [-0.2, 0) is 11.3 Å². The Morgan fingerprint density at radius 1 is 1.22 bits per heavy atom. The van der Waals surface area contributed by atoms with Crippen molar-refractivity contribution in [2.75, 3.05) is 13.1 Å². The monoisotopic (exact) mass is 309 g/mol. The van der Waals surface area contributed by atoms with Crippen LogP contribution < -0.4 is 0 Å². The largest absolute Gasteiger partial charge is 0.341 e. The van der Waals surface area contributed by atoms with Crippen LogP contribution in [0.2, 0.25) is 0 Å². The Labute approximate surface area is 133 Å². The smallest absolute Gasteiger partial charge is 0.242 e. The molecule has 5 heteroatoms. The molecule has 0 atom stereocenters. The van der Waals surface area contributed by atoms with E-state index in [2.05, 4.69) is 4.98 Å². The molecule has 1 fully saturated rings. The first-order valence-corrected chi connectivity index (χ1v) is 7.70. The predicted octanol–water partition coefficient (Wildman–Crippen LogP) is 3.07. The van der Waals surface area contributed by atoms with Crippen molar-refractivity contribution in [3.63, 3.8) is 0 Å². The minimum absolute atomic E-state index is 0.116. The van der Waals surface area contributed by atoms with E-state index < -0.39 is 0 Å². The Balaban J connectivity index is 1.71. The number of fused-ring (bicyclic) bond motifs is 1. The van der Waals surface area contributed by atoms with Gasteiger partial charge in [-0.1, -0.05) is 18.2 Å². The Bertz CT molecular complexity index is 883. The molecule has 3 aromatic rings. The Morgan fingerprint density at radius 2 is 2.04 bits per heavy atom. The summed E-state index contributed by atoms with van der Waals surface area (Å²) in [5, 5.41) is 0. The van der Waals surface area contributed by atoms with Gasteiger partial charge in [0.25, 0.3) is 0 Å². The summed E-state index contributed by atoms with van der Waals surface area (Å²) >= 11 is 0. The zero-order valence-electron chi connectivity index (χ0n) is 12.6. The number of aromatic nitrogens is 2. The number of likely N-dealkylation sites (tertiary alicyclic amines) is 1. The lowest BCUT2D eigenvalue weighted by Crippen LogP contribution is -2.43. The number of hydrogen-bond donors (Lipinski definition) is 0. The number of halogens is 1. The van der Waals surface area contributed by atoms with E-state index in [1.807, 2.05) is 27.8 Å². The molecule has 1 saturated heterocycles. The summed E-state index contributed by atoms with van der Waals surface area (Å²) < 4.78 is 15.9. The molecule has 0 bridgehead atoms. The van der Waals surface area contributed by atoms with Gasteiger partial charge in [-0.3, -0.25) is 9.78 Å². The van der Waals surface area contributed by atoms with Crippen molar-refractivity contribution in [2.45, 2.75) is 13.0 Å². The number of hydrogen-bond acceptors (Lipinski definition) is 2. The molecular weight excluding hydrogens is 293 g/mol. The Morgan fingerprint density at radius 3 is 2.78 bits per heavy atom. The maximum absolute atomic E-state index is 14.0. The van der Waals surface area contributed by atoms with Crippen molar-refractivity contribution in [3.05, 3.63) is 54.6 Å². The molecule has 4 nitrogen and oxygen atoms in total. The van der Waals surface area contributed by atoms with E-state index in [0.717, 1.165) is 30.5 Å². The third-order valence-electron chi connectivity index (χ3n) is 4.32. The molecular formula is C18H16FN3O. The maximum Gasteiger partial charge on any atom is 0.242 e. The molecule has 1 amide bonds. The zero-order valence-corrected chi connectivity index (χ0v) is 12.6. The van der Waals surface area contributed by atoms with Crippen molar-refractivity contribution in [1.82, 2.24) is 14.5 Å². The second-order valence-corrected chi connectivity index (χ2v) is 5.79. The summed E-state index contributed by atoms with van der Waals surface area (Å²) in [5.74, 6) is -0.159. The molecule has 0 spiro atoms. The lowest BCUT2D eigenvalue weighted by molar-refractivity contribution is -0.135. The van der Waals surface area contributed by atoms with Gasteiger partial charge in [-0.15, -0.1) is 0 Å². The quantitative estimate of drug-likeness (QED) is 0.746. The van der Waals surface area contributed by atoms with Crippen LogP contribution in [0.1, 0.15) is 6.42 Å². The highest BCUT2D eigenvalue weighted by molar-refractivity contribution is 5.84. The highest BCUT2D eigenvalue weighted by atomic mass is 19.1. The number of benzene rings is 1. The SMILES string of the molecule is O=C(Cn1ccc2ncc(-c3ccccc3F)cc21)N1CCC1. The molecule has 1 aromatic carbocycles. The molecule has 0 N–H and O–H groups in total. The molecule has 4 rings (SSSR count). The fourth-order valence-electron chi connectivity index (χ4n) is 2.85. The zero-order chi connectivity index (χ0) is 15.8. The minimum atomic E-state index is -0.275. The molecule has 23 heavy (non-hydrogen) atoms. The number of carbonyl (C=O) groups is 1. The standard InChI is InChI=1S/C18H16FN3O/c19-15-5-2-1-4-14(15)13-10-17-16(20-11-13)6-9-22(17)12-18(23)21-7-3-8-21/h1-2,4-6,9-11H,3,7-8,12H2. The van der Waals surface area contributed by atoms with E-state index in [4.69, 9.17) is 0 Å². The first kappa shape index (κ1) is 13.9. The molecule has 2 aromatic heterocycles. The normalized spacial score (nSPS) is 14.0. The van der Waals surface area contributed by atoms with Gasteiger partial charge >= 0.3 is 0 Å². The minimum Gasteiger partial charge on any atom is -0.341 e. The predicted molar refractivity (Wildman–Crippen MR) is 86.3 cm³/mol. The van der Waals surface area contributed by atoms with Gasteiger partial charge in [0, 0.05) is 36.6 Å². The van der Waals surface area contributed by atoms with Gasteiger partial charge in [-0.25, -0.2) is 4.39 Å². The number of nitrogens with zero attached hydrogens (tertiary/aromatic N) is 3. The van der Waals surface area contributed by atoms with Crippen molar-refractivity contribution >= 4 is 16.9 Å². The van der Waals surface area contributed by atoms with Crippen molar-refractivity contribution in [1.29, 1.82) is 0 Å². The van der Waals surface area contributed by atoms with E-state index in [0.29, 0.717) is 17.7 Å². The first-order chi connectivity index (χ1) is 11.2. The lowest BCUT2D eigenvalue weighted by Gasteiger charge is -2.31.